The Morgan fingerprint density at radius 2 is 2.48 bits per heavy atom. The van der Waals surface area contributed by atoms with Crippen molar-refractivity contribution in [2.45, 2.75) is 51.8 Å². The number of carbonyl (C=O) groups is 1. The Balaban J connectivity index is 1.94. The van der Waals surface area contributed by atoms with Crippen molar-refractivity contribution >= 4 is 17.2 Å². The lowest BCUT2D eigenvalue weighted by atomic mass is 10.1. The minimum atomic E-state index is 0.211. The fraction of sp³-hybridized carbons (Fsp3) is 0.688. The zero-order valence-electron chi connectivity index (χ0n) is 13.0. The van der Waals surface area contributed by atoms with Crippen LogP contribution in [-0.4, -0.2) is 42.6 Å². The van der Waals surface area contributed by atoms with Gasteiger partial charge in [-0.25, -0.2) is 0 Å². The van der Waals surface area contributed by atoms with Gasteiger partial charge in [0.15, 0.2) is 0 Å². The molecule has 1 fully saturated rings. The standard InChI is InChI=1S/C16H26N2O2S/c1-3-17-13(2)10-16(19)18(11-14-6-4-8-20-14)12-15-7-5-9-21-15/h5,7,9,13-14,17H,3-4,6,8,10-12H2,1-2H3. The Hall–Kier alpha value is -0.910. The van der Waals surface area contributed by atoms with Crippen LogP contribution in [0.2, 0.25) is 0 Å². The van der Waals surface area contributed by atoms with Gasteiger partial charge in [-0.15, -0.1) is 11.3 Å². The summed E-state index contributed by atoms with van der Waals surface area (Å²) in [5.41, 5.74) is 0. The van der Waals surface area contributed by atoms with Gasteiger partial charge >= 0.3 is 0 Å². The van der Waals surface area contributed by atoms with Crippen molar-refractivity contribution in [1.29, 1.82) is 0 Å². The number of rotatable bonds is 8. The summed E-state index contributed by atoms with van der Waals surface area (Å²) in [5.74, 6) is 0.215. The molecule has 1 aliphatic heterocycles. The van der Waals surface area contributed by atoms with Crippen LogP contribution >= 0.6 is 11.3 Å². The molecule has 1 aliphatic rings. The minimum absolute atomic E-state index is 0.211. The van der Waals surface area contributed by atoms with Gasteiger partial charge in [-0.2, -0.15) is 0 Å². The van der Waals surface area contributed by atoms with Crippen molar-refractivity contribution in [3.63, 3.8) is 0 Å². The normalized spacial score (nSPS) is 19.6. The first-order valence-electron chi connectivity index (χ1n) is 7.84. The van der Waals surface area contributed by atoms with Crippen LogP contribution < -0.4 is 5.32 Å². The first-order valence-corrected chi connectivity index (χ1v) is 8.72. The number of nitrogens with one attached hydrogen (secondary N) is 1. The number of hydrogen-bond donors (Lipinski definition) is 1. The Kier molecular flexibility index (Phi) is 6.67. The van der Waals surface area contributed by atoms with Crippen LogP contribution in [0.3, 0.4) is 0 Å². The fourth-order valence-electron chi connectivity index (χ4n) is 2.69. The van der Waals surface area contributed by atoms with Crippen molar-refractivity contribution in [1.82, 2.24) is 10.2 Å². The molecular formula is C16H26N2O2S. The van der Waals surface area contributed by atoms with E-state index in [-0.39, 0.29) is 18.1 Å². The monoisotopic (exact) mass is 310 g/mol. The summed E-state index contributed by atoms with van der Waals surface area (Å²) in [5, 5.41) is 5.37. The van der Waals surface area contributed by atoms with Crippen LogP contribution in [0.25, 0.3) is 0 Å². The van der Waals surface area contributed by atoms with E-state index in [4.69, 9.17) is 4.74 Å². The molecule has 0 spiro atoms. The number of nitrogens with zero attached hydrogens (tertiary/aromatic N) is 1. The Morgan fingerprint density at radius 3 is 3.10 bits per heavy atom. The molecule has 0 saturated carbocycles. The van der Waals surface area contributed by atoms with Gasteiger partial charge in [0.1, 0.15) is 0 Å². The molecule has 0 radical (unpaired) electrons. The number of amides is 1. The molecule has 118 valence electrons. The number of ether oxygens (including phenoxy) is 1. The Labute approximate surface area is 131 Å². The van der Waals surface area contributed by atoms with Crippen LogP contribution in [0, 0.1) is 0 Å². The van der Waals surface area contributed by atoms with Crippen LogP contribution in [0.1, 0.15) is 38.0 Å². The maximum Gasteiger partial charge on any atom is 0.224 e. The smallest absolute Gasteiger partial charge is 0.224 e. The zero-order chi connectivity index (χ0) is 15.1. The van der Waals surface area contributed by atoms with Gasteiger partial charge in [0.05, 0.1) is 12.6 Å². The second kappa shape index (κ2) is 8.51. The summed E-state index contributed by atoms with van der Waals surface area (Å²) < 4.78 is 5.70. The summed E-state index contributed by atoms with van der Waals surface area (Å²) in [6.07, 6.45) is 2.94. The molecule has 1 amide bonds. The number of hydrogen-bond acceptors (Lipinski definition) is 4. The van der Waals surface area contributed by atoms with E-state index in [2.05, 4.69) is 30.6 Å². The number of thiophene rings is 1. The predicted octanol–water partition coefficient (Wildman–Crippen LogP) is 2.64. The molecule has 2 rings (SSSR count). The molecule has 2 unspecified atom stereocenters. The van der Waals surface area contributed by atoms with Crippen molar-refractivity contribution < 1.29 is 9.53 Å². The molecular weight excluding hydrogens is 284 g/mol. The molecule has 1 aromatic heterocycles. The van der Waals surface area contributed by atoms with Gasteiger partial charge in [-0.3, -0.25) is 4.79 Å². The predicted molar refractivity (Wildman–Crippen MR) is 86.5 cm³/mol. The van der Waals surface area contributed by atoms with Gasteiger partial charge in [0.2, 0.25) is 5.91 Å². The largest absolute Gasteiger partial charge is 0.376 e. The van der Waals surface area contributed by atoms with E-state index in [1.165, 1.54) is 4.88 Å². The molecule has 0 aliphatic carbocycles. The highest BCUT2D eigenvalue weighted by molar-refractivity contribution is 7.09. The van der Waals surface area contributed by atoms with E-state index in [0.717, 1.165) is 32.5 Å². The highest BCUT2D eigenvalue weighted by Gasteiger charge is 2.23. The van der Waals surface area contributed by atoms with Crippen molar-refractivity contribution in [2.24, 2.45) is 0 Å². The maximum atomic E-state index is 12.6. The molecule has 1 N–H and O–H groups in total. The van der Waals surface area contributed by atoms with Crippen LogP contribution in [0.4, 0.5) is 0 Å². The maximum absolute atomic E-state index is 12.6. The van der Waals surface area contributed by atoms with Gasteiger partial charge < -0.3 is 15.0 Å². The molecule has 4 nitrogen and oxygen atoms in total. The molecule has 1 saturated heterocycles. The third-order valence-electron chi connectivity index (χ3n) is 3.76. The second-order valence-electron chi connectivity index (χ2n) is 5.65. The summed E-state index contributed by atoms with van der Waals surface area (Å²) in [6.45, 7) is 7.28. The highest BCUT2D eigenvalue weighted by atomic mass is 32.1. The van der Waals surface area contributed by atoms with Crippen molar-refractivity contribution in [2.75, 3.05) is 19.7 Å². The lowest BCUT2D eigenvalue weighted by Crippen LogP contribution is -2.40. The third kappa shape index (κ3) is 5.41. The topological polar surface area (TPSA) is 41.6 Å². The summed E-state index contributed by atoms with van der Waals surface area (Å²) in [7, 11) is 0. The van der Waals surface area contributed by atoms with Crippen LogP contribution in [0.15, 0.2) is 17.5 Å². The van der Waals surface area contributed by atoms with E-state index in [0.29, 0.717) is 13.0 Å². The van der Waals surface area contributed by atoms with E-state index in [1.54, 1.807) is 11.3 Å². The molecule has 0 aromatic carbocycles. The van der Waals surface area contributed by atoms with E-state index in [9.17, 15) is 4.79 Å². The summed E-state index contributed by atoms with van der Waals surface area (Å²) in [6, 6.07) is 4.35. The lowest BCUT2D eigenvalue weighted by molar-refractivity contribution is -0.133. The Bertz CT molecular complexity index is 416. The van der Waals surface area contributed by atoms with Gasteiger partial charge in [0, 0.05) is 30.5 Å². The van der Waals surface area contributed by atoms with E-state index < -0.39 is 0 Å². The molecule has 21 heavy (non-hydrogen) atoms. The second-order valence-corrected chi connectivity index (χ2v) is 6.68. The molecule has 2 atom stereocenters. The van der Waals surface area contributed by atoms with Gasteiger partial charge in [-0.05, 0) is 37.8 Å². The SMILES string of the molecule is CCNC(C)CC(=O)N(Cc1cccs1)CC1CCCO1. The number of carbonyl (C=O) groups excluding carboxylic acids is 1. The Morgan fingerprint density at radius 1 is 1.62 bits per heavy atom. The average molecular weight is 310 g/mol. The average Bonchev–Trinajstić information content (AvgIpc) is 3.11. The summed E-state index contributed by atoms with van der Waals surface area (Å²) in [4.78, 5) is 15.8. The molecule has 5 heteroatoms. The van der Waals surface area contributed by atoms with Crippen molar-refractivity contribution in [3.8, 4) is 0 Å². The minimum Gasteiger partial charge on any atom is -0.376 e. The van der Waals surface area contributed by atoms with Gasteiger partial charge in [-0.1, -0.05) is 13.0 Å². The van der Waals surface area contributed by atoms with Crippen molar-refractivity contribution in [3.05, 3.63) is 22.4 Å². The fourth-order valence-corrected chi connectivity index (χ4v) is 3.41. The lowest BCUT2D eigenvalue weighted by Gasteiger charge is -2.26. The molecule has 2 heterocycles. The zero-order valence-corrected chi connectivity index (χ0v) is 13.8. The van der Waals surface area contributed by atoms with Crippen LogP contribution in [0.5, 0.6) is 0 Å². The first-order chi connectivity index (χ1) is 10.2. The van der Waals surface area contributed by atoms with Gasteiger partial charge in [0.25, 0.3) is 0 Å². The molecule has 0 bridgehead atoms. The van der Waals surface area contributed by atoms with E-state index >= 15 is 0 Å². The third-order valence-corrected chi connectivity index (χ3v) is 4.62. The van der Waals surface area contributed by atoms with Crippen LogP contribution in [-0.2, 0) is 16.1 Å². The molecule has 1 aromatic rings. The quantitative estimate of drug-likeness (QED) is 0.802. The highest BCUT2D eigenvalue weighted by Crippen LogP contribution is 2.18. The first kappa shape index (κ1) is 16.5. The van der Waals surface area contributed by atoms with E-state index in [1.807, 2.05) is 11.0 Å². The summed E-state index contributed by atoms with van der Waals surface area (Å²) >= 11 is 1.71.